The number of nitrogens with one attached hydrogen (secondary N) is 1. The molecule has 0 aliphatic rings. The third-order valence-corrected chi connectivity index (χ3v) is 6.57. The van der Waals surface area contributed by atoms with Crippen LogP contribution in [0.4, 0.5) is 0 Å². The van der Waals surface area contributed by atoms with Crippen LogP contribution in [0.5, 0.6) is 0 Å². The average molecular weight is 449 g/mol. The molecule has 1 amide bonds. The topological polar surface area (TPSA) is 29.1 Å². The van der Waals surface area contributed by atoms with E-state index in [0.717, 1.165) is 34.3 Å². The van der Waals surface area contributed by atoms with E-state index in [1.54, 1.807) is 23.5 Å². The zero-order valence-corrected chi connectivity index (χ0v) is 18.0. The van der Waals surface area contributed by atoms with Gasteiger partial charge in [0, 0.05) is 34.4 Å². The molecule has 0 unspecified atom stereocenters. The number of halogens is 3. The number of benzene rings is 2. The largest absolute Gasteiger partial charge is 0.355 e. The summed E-state index contributed by atoms with van der Waals surface area (Å²) < 4.78 is 0. The third kappa shape index (κ3) is 8.45. The van der Waals surface area contributed by atoms with Crippen molar-refractivity contribution in [1.29, 1.82) is 0 Å². The van der Waals surface area contributed by atoms with Gasteiger partial charge in [-0.15, -0.1) is 11.8 Å². The second-order valence-corrected chi connectivity index (χ2v) is 9.08. The highest BCUT2D eigenvalue weighted by atomic mass is 35.5. The van der Waals surface area contributed by atoms with Gasteiger partial charge in [-0.1, -0.05) is 40.9 Å². The Morgan fingerprint density at radius 2 is 1.73 bits per heavy atom. The SMILES string of the molecule is O=C(CCCSc1ccc(Cl)cc1)NCCSCc1ccc(Cl)c(Cl)c1. The standard InChI is InChI=1S/C19H20Cl3NOS2/c20-15-4-6-16(7-5-15)26-10-1-2-19(24)23-9-11-25-13-14-3-8-17(21)18(22)12-14/h3-8,12H,1-2,9-11,13H2,(H,23,24). The molecule has 2 rings (SSSR count). The average Bonchev–Trinajstić information content (AvgIpc) is 2.63. The van der Waals surface area contributed by atoms with E-state index in [1.165, 1.54) is 4.90 Å². The summed E-state index contributed by atoms with van der Waals surface area (Å²) in [5.74, 6) is 2.74. The van der Waals surface area contributed by atoms with Crippen molar-refractivity contribution in [2.75, 3.05) is 18.1 Å². The molecule has 0 bridgehead atoms. The van der Waals surface area contributed by atoms with Crippen molar-refractivity contribution in [2.24, 2.45) is 0 Å². The minimum Gasteiger partial charge on any atom is -0.355 e. The Kier molecular flexibility index (Phi) is 10.1. The predicted molar refractivity (Wildman–Crippen MR) is 117 cm³/mol. The summed E-state index contributed by atoms with van der Waals surface area (Å²) in [5.41, 5.74) is 1.13. The summed E-state index contributed by atoms with van der Waals surface area (Å²) in [4.78, 5) is 13.0. The fourth-order valence-corrected chi connectivity index (χ4v) is 4.23. The molecule has 0 atom stereocenters. The number of hydrogen-bond acceptors (Lipinski definition) is 3. The lowest BCUT2D eigenvalue weighted by molar-refractivity contribution is -0.120. The number of amides is 1. The lowest BCUT2D eigenvalue weighted by atomic mass is 10.2. The first kappa shape index (κ1) is 21.8. The minimum atomic E-state index is 0.108. The summed E-state index contributed by atoms with van der Waals surface area (Å²) in [6, 6.07) is 13.4. The van der Waals surface area contributed by atoms with Crippen molar-refractivity contribution in [3.8, 4) is 0 Å². The number of carbonyl (C=O) groups is 1. The smallest absolute Gasteiger partial charge is 0.220 e. The molecule has 2 aromatic rings. The fraction of sp³-hybridized carbons (Fsp3) is 0.316. The molecule has 26 heavy (non-hydrogen) atoms. The third-order valence-electron chi connectivity index (χ3n) is 3.45. The fourth-order valence-electron chi connectivity index (χ4n) is 2.12. The Morgan fingerprint density at radius 1 is 0.962 bits per heavy atom. The molecular formula is C19H20Cl3NOS2. The first-order valence-corrected chi connectivity index (χ1v) is 11.5. The van der Waals surface area contributed by atoms with E-state index in [2.05, 4.69) is 5.32 Å². The van der Waals surface area contributed by atoms with E-state index >= 15 is 0 Å². The van der Waals surface area contributed by atoms with Crippen molar-refractivity contribution >= 4 is 64.2 Å². The van der Waals surface area contributed by atoms with E-state index in [1.807, 2.05) is 42.5 Å². The van der Waals surface area contributed by atoms with Gasteiger partial charge in [0.15, 0.2) is 0 Å². The summed E-state index contributed by atoms with van der Waals surface area (Å²) >= 11 is 21.3. The van der Waals surface area contributed by atoms with Crippen LogP contribution in [0.2, 0.25) is 15.1 Å². The quantitative estimate of drug-likeness (QED) is 0.329. The van der Waals surface area contributed by atoms with Crippen molar-refractivity contribution < 1.29 is 4.79 Å². The predicted octanol–water partition coefficient (Wildman–Crippen LogP) is 6.57. The minimum absolute atomic E-state index is 0.108. The van der Waals surface area contributed by atoms with Gasteiger partial charge >= 0.3 is 0 Å². The molecule has 0 aliphatic carbocycles. The molecule has 0 aliphatic heterocycles. The molecule has 0 aromatic heterocycles. The van der Waals surface area contributed by atoms with Crippen LogP contribution in [0.3, 0.4) is 0 Å². The molecule has 7 heteroatoms. The van der Waals surface area contributed by atoms with Gasteiger partial charge in [0.25, 0.3) is 0 Å². The van der Waals surface area contributed by atoms with Crippen LogP contribution in [0, 0.1) is 0 Å². The van der Waals surface area contributed by atoms with Crippen LogP contribution in [0.1, 0.15) is 18.4 Å². The van der Waals surface area contributed by atoms with E-state index in [-0.39, 0.29) is 5.91 Å². The Bertz CT molecular complexity index is 710. The van der Waals surface area contributed by atoms with Crippen molar-refractivity contribution in [2.45, 2.75) is 23.5 Å². The molecular weight excluding hydrogens is 429 g/mol. The van der Waals surface area contributed by atoms with Crippen LogP contribution in [-0.4, -0.2) is 24.0 Å². The molecule has 1 N–H and O–H groups in total. The summed E-state index contributed by atoms with van der Waals surface area (Å²) in [7, 11) is 0. The van der Waals surface area contributed by atoms with Crippen LogP contribution in [-0.2, 0) is 10.5 Å². The number of thioether (sulfide) groups is 2. The number of carbonyl (C=O) groups excluding carboxylic acids is 1. The highest BCUT2D eigenvalue weighted by molar-refractivity contribution is 7.99. The Labute approximate surface area is 178 Å². The second-order valence-electron chi connectivity index (χ2n) is 5.56. The molecule has 0 radical (unpaired) electrons. The maximum atomic E-state index is 11.8. The van der Waals surface area contributed by atoms with E-state index in [4.69, 9.17) is 34.8 Å². The van der Waals surface area contributed by atoms with Crippen LogP contribution < -0.4 is 5.32 Å². The summed E-state index contributed by atoms with van der Waals surface area (Å²) in [6.45, 7) is 0.676. The van der Waals surface area contributed by atoms with Crippen LogP contribution >= 0.6 is 58.3 Å². The van der Waals surface area contributed by atoms with Gasteiger partial charge in [0.1, 0.15) is 0 Å². The monoisotopic (exact) mass is 447 g/mol. The molecule has 0 saturated heterocycles. The van der Waals surface area contributed by atoms with Gasteiger partial charge in [-0.3, -0.25) is 4.79 Å². The molecule has 0 heterocycles. The first-order valence-electron chi connectivity index (χ1n) is 8.21. The molecule has 0 fully saturated rings. The number of hydrogen-bond donors (Lipinski definition) is 1. The van der Waals surface area contributed by atoms with Gasteiger partial charge in [-0.05, 0) is 54.1 Å². The van der Waals surface area contributed by atoms with Crippen LogP contribution in [0.25, 0.3) is 0 Å². The maximum Gasteiger partial charge on any atom is 0.220 e. The maximum absolute atomic E-state index is 11.8. The van der Waals surface area contributed by atoms with Crippen molar-refractivity contribution in [3.05, 3.63) is 63.1 Å². The Hall–Kier alpha value is -0.520. The first-order chi connectivity index (χ1) is 12.5. The zero-order valence-electron chi connectivity index (χ0n) is 14.1. The van der Waals surface area contributed by atoms with Gasteiger partial charge < -0.3 is 5.32 Å². The molecule has 2 aromatic carbocycles. The number of rotatable bonds is 10. The Morgan fingerprint density at radius 3 is 2.46 bits per heavy atom. The van der Waals surface area contributed by atoms with E-state index in [0.29, 0.717) is 23.0 Å². The normalized spacial score (nSPS) is 10.7. The molecule has 0 saturated carbocycles. The lowest BCUT2D eigenvalue weighted by Crippen LogP contribution is -2.25. The highest BCUT2D eigenvalue weighted by Gasteiger charge is 2.03. The Balaban J connectivity index is 1.50. The summed E-state index contributed by atoms with van der Waals surface area (Å²) in [5, 5.41) is 4.85. The van der Waals surface area contributed by atoms with Gasteiger partial charge in [-0.25, -0.2) is 0 Å². The van der Waals surface area contributed by atoms with E-state index < -0.39 is 0 Å². The highest BCUT2D eigenvalue weighted by Crippen LogP contribution is 2.24. The molecule has 2 nitrogen and oxygen atoms in total. The van der Waals surface area contributed by atoms with E-state index in [9.17, 15) is 4.79 Å². The van der Waals surface area contributed by atoms with Crippen molar-refractivity contribution in [1.82, 2.24) is 5.32 Å². The zero-order chi connectivity index (χ0) is 18.8. The van der Waals surface area contributed by atoms with Gasteiger partial charge in [-0.2, -0.15) is 11.8 Å². The van der Waals surface area contributed by atoms with Gasteiger partial charge in [0.2, 0.25) is 5.91 Å². The molecule has 0 spiro atoms. The van der Waals surface area contributed by atoms with Crippen LogP contribution in [0.15, 0.2) is 47.4 Å². The second kappa shape index (κ2) is 12.0. The van der Waals surface area contributed by atoms with Gasteiger partial charge in [0.05, 0.1) is 10.0 Å². The molecule has 140 valence electrons. The summed E-state index contributed by atoms with van der Waals surface area (Å²) in [6.07, 6.45) is 1.41. The lowest BCUT2D eigenvalue weighted by Gasteiger charge is -2.06. The van der Waals surface area contributed by atoms with Crippen molar-refractivity contribution in [3.63, 3.8) is 0 Å².